The van der Waals surface area contributed by atoms with Crippen molar-refractivity contribution in [2.24, 2.45) is 0 Å². The van der Waals surface area contributed by atoms with Crippen molar-refractivity contribution in [3.63, 3.8) is 0 Å². The monoisotopic (exact) mass is 176 g/mol. The molecule has 0 saturated carbocycles. The van der Waals surface area contributed by atoms with Crippen LogP contribution in [-0.4, -0.2) is 9.61 Å². The Kier molecular flexibility index (Phi) is 1.72. The zero-order valence-electron chi connectivity index (χ0n) is 7.74. The summed E-state index contributed by atoms with van der Waals surface area (Å²) in [4.78, 5) is 11.5. The first-order chi connectivity index (χ1) is 6.18. The summed E-state index contributed by atoms with van der Waals surface area (Å²) in [7, 11) is 0. The van der Waals surface area contributed by atoms with Crippen LogP contribution in [0, 0.1) is 0 Å². The number of fused-ring (bicyclic) bond motifs is 1. The Morgan fingerprint density at radius 3 is 2.92 bits per heavy atom. The molecular weight excluding hydrogens is 164 g/mol. The predicted octanol–water partition coefficient (Wildman–Crippen LogP) is 1.75. The van der Waals surface area contributed by atoms with Crippen molar-refractivity contribution in [3.05, 3.63) is 40.3 Å². The zero-order chi connectivity index (χ0) is 9.42. The summed E-state index contributed by atoms with van der Waals surface area (Å²) in [6.45, 7) is 4.04. The molecule has 0 aliphatic carbocycles. The molecule has 2 aromatic rings. The quantitative estimate of drug-likeness (QED) is 0.706. The van der Waals surface area contributed by atoms with Crippen LogP contribution in [-0.2, 0) is 0 Å². The average molecular weight is 176 g/mol. The summed E-state index contributed by atoms with van der Waals surface area (Å²) in [5, 5.41) is 2.78. The lowest BCUT2D eigenvalue weighted by Gasteiger charge is -2.04. The second-order valence-corrected chi connectivity index (χ2v) is 3.50. The van der Waals surface area contributed by atoms with E-state index in [0.717, 1.165) is 11.1 Å². The largest absolute Gasteiger partial charge is 0.268 e. The Morgan fingerprint density at radius 1 is 1.46 bits per heavy atom. The molecule has 0 aromatic carbocycles. The van der Waals surface area contributed by atoms with Crippen LogP contribution in [0.2, 0.25) is 0 Å². The number of hydrogen-bond acceptors (Lipinski definition) is 1. The molecule has 13 heavy (non-hydrogen) atoms. The SMILES string of the molecule is CC(C)c1cc2cccn2[nH]c1=O. The van der Waals surface area contributed by atoms with E-state index >= 15 is 0 Å². The van der Waals surface area contributed by atoms with E-state index in [1.165, 1.54) is 0 Å². The third-order valence-corrected chi connectivity index (χ3v) is 2.19. The molecule has 1 N–H and O–H groups in total. The highest BCUT2D eigenvalue weighted by Gasteiger charge is 2.05. The van der Waals surface area contributed by atoms with Gasteiger partial charge in [-0.1, -0.05) is 13.8 Å². The van der Waals surface area contributed by atoms with Crippen molar-refractivity contribution in [2.75, 3.05) is 0 Å². The lowest BCUT2D eigenvalue weighted by atomic mass is 10.1. The molecule has 0 aliphatic rings. The molecule has 0 spiro atoms. The van der Waals surface area contributed by atoms with Crippen molar-refractivity contribution in [2.45, 2.75) is 19.8 Å². The van der Waals surface area contributed by atoms with Crippen molar-refractivity contribution >= 4 is 5.52 Å². The summed E-state index contributed by atoms with van der Waals surface area (Å²) in [6, 6.07) is 5.82. The molecule has 2 heterocycles. The normalized spacial score (nSPS) is 11.3. The first-order valence-corrected chi connectivity index (χ1v) is 4.39. The van der Waals surface area contributed by atoms with E-state index in [0.29, 0.717) is 0 Å². The molecule has 3 heteroatoms. The van der Waals surface area contributed by atoms with Gasteiger partial charge in [-0.15, -0.1) is 0 Å². The van der Waals surface area contributed by atoms with Gasteiger partial charge in [0.15, 0.2) is 0 Å². The third-order valence-electron chi connectivity index (χ3n) is 2.19. The van der Waals surface area contributed by atoms with Crippen molar-refractivity contribution < 1.29 is 0 Å². The summed E-state index contributed by atoms with van der Waals surface area (Å²) < 4.78 is 1.73. The Labute approximate surface area is 76.0 Å². The predicted molar refractivity (Wildman–Crippen MR) is 52.1 cm³/mol. The van der Waals surface area contributed by atoms with Gasteiger partial charge in [0.1, 0.15) is 0 Å². The molecule has 68 valence electrons. The van der Waals surface area contributed by atoms with E-state index in [-0.39, 0.29) is 11.5 Å². The Balaban J connectivity index is 2.77. The molecule has 0 fully saturated rings. The second kappa shape index (κ2) is 2.76. The van der Waals surface area contributed by atoms with E-state index in [1.54, 1.807) is 4.52 Å². The fourth-order valence-electron chi connectivity index (χ4n) is 1.44. The number of nitrogens with one attached hydrogen (secondary N) is 1. The fraction of sp³-hybridized carbons (Fsp3) is 0.300. The van der Waals surface area contributed by atoms with Gasteiger partial charge in [-0.3, -0.25) is 14.4 Å². The Hall–Kier alpha value is -1.51. The number of H-pyrrole nitrogens is 1. The van der Waals surface area contributed by atoms with Crippen molar-refractivity contribution in [1.29, 1.82) is 0 Å². The highest BCUT2D eigenvalue weighted by Crippen LogP contribution is 2.11. The lowest BCUT2D eigenvalue weighted by molar-refractivity contribution is 0.807. The summed E-state index contributed by atoms with van der Waals surface area (Å²) >= 11 is 0. The second-order valence-electron chi connectivity index (χ2n) is 3.50. The van der Waals surface area contributed by atoms with Gasteiger partial charge in [-0.2, -0.15) is 0 Å². The van der Waals surface area contributed by atoms with Crippen LogP contribution in [0.1, 0.15) is 25.3 Å². The minimum Gasteiger partial charge on any atom is -0.268 e. The molecule has 3 nitrogen and oxygen atoms in total. The molecule has 0 amide bonds. The molecule has 2 rings (SSSR count). The van der Waals surface area contributed by atoms with Gasteiger partial charge in [0.25, 0.3) is 5.56 Å². The van der Waals surface area contributed by atoms with E-state index in [1.807, 2.05) is 38.2 Å². The Morgan fingerprint density at radius 2 is 2.23 bits per heavy atom. The van der Waals surface area contributed by atoms with Crippen molar-refractivity contribution in [3.8, 4) is 0 Å². The highest BCUT2D eigenvalue weighted by atomic mass is 16.1. The number of nitrogens with zero attached hydrogens (tertiary/aromatic N) is 1. The summed E-state index contributed by atoms with van der Waals surface area (Å²) in [5.41, 5.74) is 1.87. The van der Waals surface area contributed by atoms with Gasteiger partial charge < -0.3 is 0 Å². The summed E-state index contributed by atoms with van der Waals surface area (Å²) in [6.07, 6.45) is 1.83. The topological polar surface area (TPSA) is 37.3 Å². The van der Waals surface area contributed by atoms with E-state index in [9.17, 15) is 4.79 Å². The number of aromatic nitrogens is 2. The third kappa shape index (κ3) is 1.26. The minimum atomic E-state index is -0.00120. The molecule has 0 radical (unpaired) electrons. The number of aromatic amines is 1. The molecule has 0 bridgehead atoms. The summed E-state index contributed by atoms with van der Waals surface area (Å²) in [5.74, 6) is 0.267. The van der Waals surface area contributed by atoms with Crippen LogP contribution in [0.15, 0.2) is 29.2 Å². The lowest BCUT2D eigenvalue weighted by Crippen LogP contribution is -2.16. The maximum atomic E-state index is 11.5. The molecule has 0 saturated heterocycles. The van der Waals surface area contributed by atoms with Gasteiger partial charge in [-0.05, 0) is 24.1 Å². The van der Waals surface area contributed by atoms with Gasteiger partial charge in [0.05, 0.1) is 5.52 Å². The minimum absolute atomic E-state index is 0.00120. The molecule has 0 atom stereocenters. The van der Waals surface area contributed by atoms with Gasteiger partial charge >= 0.3 is 0 Å². The average Bonchev–Trinajstić information content (AvgIpc) is 2.48. The van der Waals surface area contributed by atoms with E-state index in [4.69, 9.17) is 0 Å². The van der Waals surface area contributed by atoms with Crippen LogP contribution in [0.5, 0.6) is 0 Å². The van der Waals surface area contributed by atoms with Crippen LogP contribution < -0.4 is 5.56 Å². The molecule has 2 aromatic heterocycles. The highest BCUT2D eigenvalue weighted by molar-refractivity contribution is 5.48. The molecule has 0 aliphatic heterocycles. The Bertz CT molecular complexity index is 479. The van der Waals surface area contributed by atoms with Crippen LogP contribution in [0.3, 0.4) is 0 Å². The number of hydrogen-bond donors (Lipinski definition) is 1. The standard InChI is InChI=1S/C10H12N2O/c1-7(2)9-6-8-4-3-5-12(8)11-10(9)13/h3-7H,1-2H3,(H,11,13). The smallest absolute Gasteiger partial charge is 0.266 e. The van der Waals surface area contributed by atoms with Crippen LogP contribution in [0.25, 0.3) is 5.52 Å². The van der Waals surface area contributed by atoms with Crippen molar-refractivity contribution in [1.82, 2.24) is 9.61 Å². The fourth-order valence-corrected chi connectivity index (χ4v) is 1.44. The van der Waals surface area contributed by atoms with Gasteiger partial charge in [0.2, 0.25) is 0 Å². The van der Waals surface area contributed by atoms with Crippen LogP contribution >= 0.6 is 0 Å². The van der Waals surface area contributed by atoms with E-state index in [2.05, 4.69) is 5.10 Å². The maximum Gasteiger partial charge on any atom is 0.266 e. The van der Waals surface area contributed by atoms with Gasteiger partial charge in [0, 0.05) is 11.8 Å². The van der Waals surface area contributed by atoms with Crippen LogP contribution in [0.4, 0.5) is 0 Å². The van der Waals surface area contributed by atoms with Gasteiger partial charge in [-0.25, -0.2) is 0 Å². The zero-order valence-corrected chi connectivity index (χ0v) is 7.74. The molecule has 0 unspecified atom stereocenters. The first kappa shape index (κ1) is 8.10. The molecular formula is C10H12N2O. The first-order valence-electron chi connectivity index (χ1n) is 4.39. The number of rotatable bonds is 1. The maximum absolute atomic E-state index is 11.5. The van der Waals surface area contributed by atoms with E-state index < -0.39 is 0 Å².